The third-order valence-electron chi connectivity index (χ3n) is 3.24. The predicted octanol–water partition coefficient (Wildman–Crippen LogP) is 2.31. The average Bonchev–Trinajstić information content (AvgIpc) is 3.02. The van der Waals surface area contributed by atoms with Crippen LogP contribution in [0.5, 0.6) is 0 Å². The monoisotopic (exact) mass is 233 g/mol. The summed E-state index contributed by atoms with van der Waals surface area (Å²) in [7, 11) is 0. The summed E-state index contributed by atoms with van der Waals surface area (Å²) in [6, 6.07) is 4.25. The molecule has 1 aliphatic heterocycles. The van der Waals surface area contributed by atoms with Crippen LogP contribution in [0.25, 0.3) is 11.6 Å². The Kier molecular flexibility index (Phi) is 2.68. The van der Waals surface area contributed by atoms with Crippen molar-refractivity contribution in [2.45, 2.75) is 32.4 Å². The van der Waals surface area contributed by atoms with E-state index in [9.17, 15) is 0 Å². The quantitative estimate of drug-likeness (QED) is 0.814. The Labute approximate surface area is 99.4 Å². The molecule has 0 aliphatic carbocycles. The maximum absolute atomic E-state index is 5.24. The molecular formula is C12H15N3O2. The van der Waals surface area contributed by atoms with Gasteiger partial charge in [0.1, 0.15) is 0 Å². The van der Waals surface area contributed by atoms with E-state index in [1.165, 1.54) is 12.8 Å². The number of likely N-dealkylation sites (tertiary alicyclic amines) is 1. The standard InChI is InChI=1S/C12H15N3O2/c1-9-4-2-6-15(9)8-11-13-12(14-17-11)10-5-3-7-16-10/h3,5,7,9H,2,4,6,8H2,1H3. The highest BCUT2D eigenvalue weighted by Crippen LogP contribution is 2.20. The molecule has 2 aromatic rings. The molecule has 2 aromatic heterocycles. The van der Waals surface area contributed by atoms with Gasteiger partial charge in [-0.3, -0.25) is 4.90 Å². The summed E-state index contributed by atoms with van der Waals surface area (Å²) in [5, 5.41) is 3.92. The Bertz CT molecular complexity index is 478. The molecule has 0 aromatic carbocycles. The molecular weight excluding hydrogens is 218 g/mol. The minimum atomic E-state index is 0.525. The second-order valence-corrected chi connectivity index (χ2v) is 4.45. The zero-order valence-electron chi connectivity index (χ0n) is 9.80. The first kappa shape index (κ1) is 10.5. The fourth-order valence-electron chi connectivity index (χ4n) is 2.23. The van der Waals surface area contributed by atoms with Gasteiger partial charge in [-0.1, -0.05) is 5.16 Å². The van der Waals surface area contributed by atoms with Crippen LogP contribution < -0.4 is 0 Å². The maximum Gasteiger partial charge on any atom is 0.241 e. The van der Waals surface area contributed by atoms with Crippen molar-refractivity contribution in [3.63, 3.8) is 0 Å². The minimum Gasteiger partial charge on any atom is -0.461 e. The van der Waals surface area contributed by atoms with Crippen LogP contribution in [0.15, 0.2) is 27.3 Å². The van der Waals surface area contributed by atoms with Gasteiger partial charge in [-0.15, -0.1) is 0 Å². The van der Waals surface area contributed by atoms with Crippen molar-refractivity contribution in [1.82, 2.24) is 15.0 Å². The minimum absolute atomic E-state index is 0.525. The van der Waals surface area contributed by atoms with Gasteiger partial charge in [0.15, 0.2) is 5.76 Å². The van der Waals surface area contributed by atoms with Crippen molar-refractivity contribution in [3.8, 4) is 11.6 Å². The molecule has 1 atom stereocenters. The predicted molar refractivity (Wildman–Crippen MR) is 61.1 cm³/mol. The lowest BCUT2D eigenvalue weighted by atomic mass is 10.2. The first-order valence-electron chi connectivity index (χ1n) is 5.93. The van der Waals surface area contributed by atoms with Gasteiger partial charge in [-0.05, 0) is 38.4 Å². The molecule has 1 saturated heterocycles. The fourth-order valence-corrected chi connectivity index (χ4v) is 2.23. The lowest BCUT2D eigenvalue weighted by Crippen LogP contribution is -2.26. The molecule has 90 valence electrons. The van der Waals surface area contributed by atoms with E-state index in [-0.39, 0.29) is 0 Å². The Morgan fingerprint density at radius 3 is 3.18 bits per heavy atom. The van der Waals surface area contributed by atoms with Crippen molar-refractivity contribution in [2.75, 3.05) is 6.54 Å². The summed E-state index contributed by atoms with van der Waals surface area (Å²) in [6.45, 7) is 4.07. The molecule has 17 heavy (non-hydrogen) atoms. The molecule has 5 nitrogen and oxygen atoms in total. The van der Waals surface area contributed by atoms with E-state index in [0.717, 1.165) is 13.1 Å². The van der Waals surface area contributed by atoms with Gasteiger partial charge in [0.25, 0.3) is 0 Å². The first-order chi connectivity index (χ1) is 8.33. The molecule has 0 amide bonds. The van der Waals surface area contributed by atoms with E-state index in [1.807, 2.05) is 12.1 Å². The molecule has 3 heterocycles. The topological polar surface area (TPSA) is 55.3 Å². The van der Waals surface area contributed by atoms with Gasteiger partial charge in [0.05, 0.1) is 12.8 Å². The Hall–Kier alpha value is -1.62. The number of hydrogen-bond donors (Lipinski definition) is 0. The normalized spacial score (nSPS) is 21.1. The maximum atomic E-state index is 5.24. The van der Waals surface area contributed by atoms with Gasteiger partial charge >= 0.3 is 0 Å². The summed E-state index contributed by atoms with van der Waals surface area (Å²) in [6.07, 6.45) is 4.10. The summed E-state index contributed by atoms with van der Waals surface area (Å²) in [5.74, 6) is 1.83. The molecule has 0 saturated carbocycles. The third-order valence-corrected chi connectivity index (χ3v) is 3.24. The van der Waals surface area contributed by atoms with Crippen LogP contribution in [-0.4, -0.2) is 27.6 Å². The van der Waals surface area contributed by atoms with E-state index < -0.39 is 0 Å². The molecule has 0 N–H and O–H groups in total. The highest BCUT2D eigenvalue weighted by molar-refractivity contribution is 5.44. The average molecular weight is 233 g/mol. The van der Waals surface area contributed by atoms with Crippen molar-refractivity contribution in [2.24, 2.45) is 0 Å². The molecule has 5 heteroatoms. The first-order valence-corrected chi connectivity index (χ1v) is 5.93. The van der Waals surface area contributed by atoms with Gasteiger partial charge in [0, 0.05) is 6.04 Å². The van der Waals surface area contributed by atoms with Gasteiger partial charge in [0.2, 0.25) is 11.7 Å². The summed E-state index contributed by atoms with van der Waals surface area (Å²) in [4.78, 5) is 6.70. The van der Waals surface area contributed by atoms with Crippen LogP contribution >= 0.6 is 0 Å². The largest absolute Gasteiger partial charge is 0.461 e. The van der Waals surface area contributed by atoms with E-state index >= 15 is 0 Å². The van der Waals surface area contributed by atoms with Crippen molar-refractivity contribution >= 4 is 0 Å². The fraction of sp³-hybridized carbons (Fsp3) is 0.500. The van der Waals surface area contributed by atoms with Crippen LogP contribution in [0.4, 0.5) is 0 Å². The second kappa shape index (κ2) is 4.33. The van der Waals surface area contributed by atoms with E-state index in [4.69, 9.17) is 8.94 Å². The number of rotatable bonds is 3. The molecule has 0 radical (unpaired) electrons. The molecule has 0 bridgehead atoms. The lowest BCUT2D eigenvalue weighted by Gasteiger charge is -2.17. The van der Waals surface area contributed by atoms with Crippen LogP contribution in [0.3, 0.4) is 0 Å². The van der Waals surface area contributed by atoms with Gasteiger partial charge in [-0.2, -0.15) is 4.98 Å². The summed E-state index contributed by atoms with van der Waals surface area (Å²) >= 11 is 0. The molecule has 1 fully saturated rings. The zero-order valence-corrected chi connectivity index (χ0v) is 9.80. The number of aromatic nitrogens is 2. The Morgan fingerprint density at radius 1 is 1.53 bits per heavy atom. The summed E-state index contributed by atoms with van der Waals surface area (Å²) in [5.41, 5.74) is 0. The van der Waals surface area contributed by atoms with Crippen molar-refractivity contribution in [3.05, 3.63) is 24.3 Å². The summed E-state index contributed by atoms with van der Waals surface area (Å²) < 4.78 is 10.5. The van der Waals surface area contributed by atoms with Crippen LogP contribution in [0.1, 0.15) is 25.7 Å². The van der Waals surface area contributed by atoms with E-state index in [1.54, 1.807) is 6.26 Å². The van der Waals surface area contributed by atoms with Crippen molar-refractivity contribution in [1.29, 1.82) is 0 Å². The van der Waals surface area contributed by atoms with Gasteiger partial charge in [-0.25, -0.2) is 0 Å². The SMILES string of the molecule is CC1CCCN1Cc1nc(-c2ccco2)no1. The smallest absolute Gasteiger partial charge is 0.241 e. The van der Waals surface area contributed by atoms with E-state index in [0.29, 0.717) is 23.5 Å². The van der Waals surface area contributed by atoms with Crippen LogP contribution in [0.2, 0.25) is 0 Å². The van der Waals surface area contributed by atoms with Crippen molar-refractivity contribution < 1.29 is 8.94 Å². The molecule has 1 unspecified atom stereocenters. The third kappa shape index (κ3) is 2.10. The molecule has 3 rings (SSSR count). The van der Waals surface area contributed by atoms with E-state index in [2.05, 4.69) is 22.0 Å². The number of nitrogens with zero attached hydrogens (tertiary/aromatic N) is 3. The number of hydrogen-bond acceptors (Lipinski definition) is 5. The molecule has 0 spiro atoms. The van der Waals surface area contributed by atoms with Crippen LogP contribution in [0, 0.1) is 0 Å². The second-order valence-electron chi connectivity index (χ2n) is 4.45. The van der Waals surface area contributed by atoms with Gasteiger partial charge < -0.3 is 8.94 Å². The number of furan rings is 1. The zero-order chi connectivity index (χ0) is 11.7. The lowest BCUT2D eigenvalue weighted by molar-refractivity contribution is 0.221. The van der Waals surface area contributed by atoms with Crippen LogP contribution in [-0.2, 0) is 6.54 Å². The Balaban J connectivity index is 1.72. The molecule has 1 aliphatic rings. The highest BCUT2D eigenvalue weighted by Gasteiger charge is 2.22. The highest BCUT2D eigenvalue weighted by atomic mass is 16.5. The Morgan fingerprint density at radius 2 is 2.47 bits per heavy atom.